The molecule has 1 aromatic heterocycles. The van der Waals surface area contributed by atoms with Crippen LogP contribution in [-0.2, 0) is 16.3 Å². The maximum atomic E-state index is 11.4. The number of alkyl halides is 1. The van der Waals surface area contributed by atoms with E-state index in [1.54, 1.807) is 11.3 Å². The van der Waals surface area contributed by atoms with Crippen molar-refractivity contribution in [2.75, 3.05) is 16.8 Å². The first-order chi connectivity index (χ1) is 7.61. The van der Waals surface area contributed by atoms with E-state index < -0.39 is 9.84 Å². The van der Waals surface area contributed by atoms with Crippen LogP contribution < -0.4 is 0 Å². The van der Waals surface area contributed by atoms with Crippen LogP contribution in [0, 0.1) is 11.8 Å². The molecule has 1 aromatic rings. The first-order valence-corrected chi connectivity index (χ1v) is 9.13. The number of aromatic nitrogens is 1. The number of thiazole rings is 1. The smallest absolute Gasteiger partial charge is 0.150 e. The molecule has 0 spiro atoms. The normalized spacial score (nSPS) is 25.7. The van der Waals surface area contributed by atoms with E-state index in [4.69, 9.17) is 0 Å². The van der Waals surface area contributed by atoms with Gasteiger partial charge in [-0.3, -0.25) is 0 Å². The van der Waals surface area contributed by atoms with Gasteiger partial charge in [0.1, 0.15) is 0 Å². The summed E-state index contributed by atoms with van der Waals surface area (Å²) in [6, 6.07) is 0. The van der Waals surface area contributed by atoms with Gasteiger partial charge in [-0.05, 0) is 24.7 Å². The van der Waals surface area contributed by atoms with Crippen molar-refractivity contribution in [3.8, 4) is 0 Å². The van der Waals surface area contributed by atoms with Crippen molar-refractivity contribution in [3.05, 3.63) is 16.6 Å². The fraction of sp³-hybridized carbons (Fsp3) is 0.700. The van der Waals surface area contributed by atoms with Crippen LogP contribution >= 0.6 is 27.3 Å². The second-order valence-corrected chi connectivity index (χ2v) is 7.86. The van der Waals surface area contributed by atoms with Gasteiger partial charge in [0, 0.05) is 10.7 Å². The highest BCUT2D eigenvalue weighted by molar-refractivity contribution is 9.09. The molecule has 2 unspecified atom stereocenters. The Hall–Kier alpha value is 0.0600. The van der Waals surface area contributed by atoms with Gasteiger partial charge in [-0.25, -0.2) is 13.4 Å². The maximum Gasteiger partial charge on any atom is 0.150 e. The largest absolute Gasteiger partial charge is 0.250 e. The van der Waals surface area contributed by atoms with Gasteiger partial charge in [-0.2, -0.15) is 0 Å². The van der Waals surface area contributed by atoms with E-state index in [9.17, 15) is 8.42 Å². The van der Waals surface area contributed by atoms with Crippen molar-refractivity contribution >= 4 is 37.1 Å². The zero-order valence-corrected chi connectivity index (χ0v) is 12.0. The van der Waals surface area contributed by atoms with Crippen LogP contribution in [0.2, 0.25) is 0 Å². The Morgan fingerprint density at radius 3 is 2.94 bits per heavy atom. The Balaban J connectivity index is 2.01. The monoisotopic (exact) mass is 323 g/mol. The topological polar surface area (TPSA) is 47.0 Å². The van der Waals surface area contributed by atoms with Crippen molar-refractivity contribution in [1.29, 1.82) is 0 Å². The molecule has 0 N–H and O–H groups in total. The maximum absolute atomic E-state index is 11.4. The summed E-state index contributed by atoms with van der Waals surface area (Å²) in [5, 5.41) is 2.89. The quantitative estimate of drug-likeness (QED) is 0.797. The summed E-state index contributed by atoms with van der Waals surface area (Å²) in [6.45, 7) is 0. The third-order valence-corrected chi connectivity index (χ3v) is 6.35. The zero-order chi connectivity index (χ0) is 11.6. The van der Waals surface area contributed by atoms with Crippen LogP contribution in [0.5, 0.6) is 0 Å². The molecule has 16 heavy (non-hydrogen) atoms. The number of hydrogen-bond donors (Lipinski definition) is 0. The highest BCUT2D eigenvalue weighted by atomic mass is 79.9. The predicted molar refractivity (Wildman–Crippen MR) is 69.9 cm³/mol. The molecule has 0 aromatic carbocycles. The molecule has 90 valence electrons. The first kappa shape index (κ1) is 12.5. The molecule has 0 bridgehead atoms. The van der Waals surface area contributed by atoms with Gasteiger partial charge < -0.3 is 0 Å². The fourth-order valence-corrected chi connectivity index (χ4v) is 5.40. The lowest BCUT2D eigenvalue weighted by molar-refractivity contribution is 0.399. The van der Waals surface area contributed by atoms with Crippen molar-refractivity contribution < 1.29 is 8.42 Å². The summed E-state index contributed by atoms with van der Waals surface area (Å²) in [5.74, 6) is 1.40. The fourth-order valence-electron chi connectivity index (χ4n) is 2.15. The Morgan fingerprint density at radius 1 is 1.62 bits per heavy atom. The number of halogens is 1. The Labute approximate surface area is 108 Å². The van der Waals surface area contributed by atoms with Gasteiger partial charge in [0.2, 0.25) is 0 Å². The van der Waals surface area contributed by atoms with Gasteiger partial charge >= 0.3 is 0 Å². The van der Waals surface area contributed by atoms with Gasteiger partial charge in [0.25, 0.3) is 0 Å². The van der Waals surface area contributed by atoms with E-state index in [2.05, 4.69) is 20.9 Å². The Kier molecular flexibility index (Phi) is 4.02. The number of nitrogens with zero attached hydrogens (tertiary/aromatic N) is 1. The number of rotatable bonds is 4. The van der Waals surface area contributed by atoms with E-state index in [0.717, 1.165) is 23.9 Å². The van der Waals surface area contributed by atoms with Crippen molar-refractivity contribution in [2.45, 2.75) is 12.8 Å². The third-order valence-electron chi connectivity index (χ3n) is 3.09. The molecule has 1 aliphatic rings. The van der Waals surface area contributed by atoms with Crippen LogP contribution in [0.25, 0.3) is 0 Å². The molecule has 0 amide bonds. The first-order valence-electron chi connectivity index (χ1n) is 5.24. The van der Waals surface area contributed by atoms with Gasteiger partial charge in [0.05, 0.1) is 22.7 Å². The van der Waals surface area contributed by atoms with Crippen LogP contribution in [0.3, 0.4) is 0 Å². The van der Waals surface area contributed by atoms with Crippen molar-refractivity contribution in [1.82, 2.24) is 4.98 Å². The molecule has 2 heterocycles. The molecular weight excluding hydrogens is 310 g/mol. The molecule has 1 fully saturated rings. The molecule has 6 heteroatoms. The van der Waals surface area contributed by atoms with Crippen molar-refractivity contribution in [3.63, 3.8) is 0 Å². The van der Waals surface area contributed by atoms with Crippen LogP contribution in [0.1, 0.15) is 12.1 Å². The van der Waals surface area contributed by atoms with E-state index in [1.165, 1.54) is 0 Å². The van der Waals surface area contributed by atoms with E-state index in [0.29, 0.717) is 23.3 Å². The van der Waals surface area contributed by atoms with Gasteiger partial charge in [-0.15, -0.1) is 11.3 Å². The average Bonchev–Trinajstić information content (AvgIpc) is 2.83. The Morgan fingerprint density at radius 2 is 2.44 bits per heavy atom. The van der Waals surface area contributed by atoms with Gasteiger partial charge in [0.15, 0.2) is 9.84 Å². The molecule has 1 saturated heterocycles. The molecule has 0 aliphatic carbocycles. The number of sulfone groups is 1. The molecule has 2 atom stereocenters. The lowest BCUT2D eigenvalue weighted by Gasteiger charge is -2.18. The predicted octanol–water partition coefficient (Wildman–Crippen LogP) is 2.13. The summed E-state index contributed by atoms with van der Waals surface area (Å²) >= 11 is 5.08. The molecule has 1 aliphatic heterocycles. The lowest BCUT2D eigenvalue weighted by Crippen LogP contribution is -2.20. The van der Waals surface area contributed by atoms with Crippen LogP contribution in [-0.4, -0.2) is 30.2 Å². The minimum absolute atomic E-state index is 0.297. The highest BCUT2D eigenvalue weighted by Gasteiger charge is 2.33. The minimum Gasteiger partial charge on any atom is -0.250 e. The van der Waals surface area contributed by atoms with E-state index in [1.807, 2.05) is 10.9 Å². The lowest BCUT2D eigenvalue weighted by atomic mass is 9.90. The molecular formula is C10H14BrNO2S2. The Bertz CT molecular complexity index is 430. The van der Waals surface area contributed by atoms with Gasteiger partial charge in [-0.1, -0.05) is 15.9 Å². The highest BCUT2D eigenvalue weighted by Crippen LogP contribution is 2.29. The molecule has 0 radical (unpaired) electrons. The van der Waals surface area contributed by atoms with Crippen molar-refractivity contribution in [2.24, 2.45) is 11.8 Å². The average molecular weight is 324 g/mol. The zero-order valence-electron chi connectivity index (χ0n) is 8.80. The van der Waals surface area contributed by atoms with Crippen LogP contribution in [0.15, 0.2) is 10.9 Å². The van der Waals surface area contributed by atoms with Crippen LogP contribution in [0.4, 0.5) is 0 Å². The second-order valence-electron chi connectivity index (χ2n) is 4.26. The summed E-state index contributed by atoms with van der Waals surface area (Å²) in [5.41, 5.74) is 2.91. The summed E-state index contributed by atoms with van der Waals surface area (Å²) in [4.78, 5) is 4.26. The summed E-state index contributed by atoms with van der Waals surface area (Å²) in [7, 11) is -2.77. The minimum atomic E-state index is -2.77. The SMILES string of the molecule is O=S1(=O)CCC(C(CBr)Cc2cscn2)C1. The molecule has 2 rings (SSSR count). The van der Waals surface area contributed by atoms with E-state index >= 15 is 0 Å². The third kappa shape index (κ3) is 3.05. The second kappa shape index (κ2) is 5.14. The molecule has 0 saturated carbocycles. The molecule has 3 nitrogen and oxygen atoms in total. The standard InChI is InChI=1S/C10H14BrNO2S2/c11-4-9(3-10-5-15-7-12-10)8-1-2-16(13,14)6-8/h5,7-9H,1-4,6H2. The summed E-state index contributed by atoms with van der Waals surface area (Å²) < 4.78 is 22.9. The van der Waals surface area contributed by atoms with E-state index in [-0.39, 0.29) is 0 Å². The number of hydrogen-bond acceptors (Lipinski definition) is 4. The summed E-state index contributed by atoms with van der Waals surface area (Å²) in [6.07, 6.45) is 1.69.